The van der Waals surface area contributed by atoms with Gasteiger partial charge in [0.25, 0.3) is 0 Å². The highest BCUT2D eigenvalue weighted by Crippen LogP contribution is 2.46. The van der Waals surface area contributed by atoms with Gasteiger partial charge >= 0.3 is 0 Å². The summed E-state index contributed by atoms with van der Waals surface area (Å²) >= 11 is 0. The van der Waals surface area contributed by atoms with Crippen molar-refractivity contribution in [2.24, 2.45) is 0 Å². The van der Waals surface area contributed by atoms with Crippen LogP contribution >= 0.6 is 0 Å². The molecule has 0 N–H and O–H groups in total. The first kappa shape index (κ1) is 32.5. The van der Waals surface area contributed by atoms with E-state index in [-0.39, 0.29) is 0 Å². The van der Waals surface area contributed by atoms with E-state index >= 15 is 0 Å². The second-order valence-corrected chi connectivity index (χ2v) is 19.7. The molecule has 0 unspecified atom stereocenters. The summed E-state index contributed by atoms with van der Waals surface area (Å²) in [5, 5.41) is 10.3. The van der Waals surface area contributed by atoms with E-state index in [2.05, 4.69) is 211 Å². The second-order valence-electron chi connectivity index (χ2n) is 15.3. The minimum atomic E-state index is -2.24. The molecule has 56 heavy (non-hydrogen) atoms. The highest BCUT2D eigenvalue weighted by atomic mass is 28.3. The SMILES string of the molecule is C[Si]1(C)c2cc(N(c3ccccc3)c3cccc4c3oc3ccccc34)ccc2-c2ccc(N(c3ccccc3)c3ccc4ccccc4c3)c3cccc1c23. The Labute approximate surface area is 327 Å². The van der Waals surface area contributed by atoms with Crippen LogP contribution < -0.4 is 20.2 Å². The van der Waals surface area contributed by atoms with E-state index in [1.54, 1.807) is 0 Å². The largest absolute Gasteiger partial charge is 0.454 e. The van der Waals surface area contributed by atoms with Crippen LogP contribution in [-0.2, 0) is 0 Å². The number of furan rings is 1. The van der Waals surface area contributed by atoms with Gasteiger partial charge in [0.05, 0.1) is 11.4 Å². The Balaban J connectivity index is 1.11. The highest BCUT2D eigenvalue weighted by Gasteiger charge is 2.37. The average Bonchev–Trinajstić information content (AvgIpc) is 3.64. The van der Waals surface area contributed by atoms with E-state index in [9.17, 15) is 0 Å². The molecule has 1 aliphatic heterocycles. The first-order chi connectivity index (χ1) is 27.5. The summed E-state index contributed by atoms with van der Waals surface area (Å²) in [5.41, 5.74) is 11.1. The van der Waals surface area contributed by atoms with Gasteiger partial charge in [-0.1, -0.05) is 140 Å². The molecule has 3 nitrogen and oxygen atoms in total. The first-order valence-corrected chi connectivity index (χ1v) is 22.4. The van der Waals surface area contributed by atoms with Gasteiger partial charge in [-0.05, 0) is 104 Å². The van der Waals surface area contributed by atoms with Crippen molar-refractivity contribution in [3.63, 3.8) is 0 Å². The van der Waals surface area contributed by atoms with E-state index in [1.165, 1.54) is 48.7 Å². The Morgan fingerprint density at radius 2 is 1.00 bits per heavy atom. The minimum absolute atomic E-state index is 0.892. The summed E-state index contributed by atoms with van der Waals surface area (Å²) in [7, 11) is -2.24. The van der Waals surface area contributed by atoms with Crippen LogP contribution in [0.2, 0.25) is 13.1 Å². The van der Waals surface area contributed by atoms with Crippen LogP contribution in [0, 0.1) is 0 Å². The minimum Gasteiger partial charge on any atom is -0.454 e. The van der Waals surface area contributed by atoms with Gasteiger partial charge in [-0.15, -0.1) is 0 Å². The van der Waals surface area contributed by atoms with E-state index < -0.39 is 8.07 Å². The topological polar surface area (TPSA) is 19.6 Å². The number of benzene rings is 9. The lowest BCUT2D eigenvalue weighted by Gasteiger charge is -2.36. The molecule has 11 rings (SSSR count). The van der Waals surface area contributed by atoms with Crippen LogP contribution in [0.4, 0.5) is 34.1 Å². The number of nitrogens with zero attached hydrogens (tertiary/aromatic N) is 2. The third kappa shape index (κ3) is 4.96. The van der Waals surface area contributed by atoms with E-state index in [4.69, 9.17) is 4.42 Å². The first-order valence-electron chi connectivity index (χ1n) is 19.4. The van der Waals surface area contributed by atoms with Gasteiger partial charge in [0.1, 0.15) is 13.7 Å². The predicted octanol–water partition coefficient (Wildman–Crippen LogP) is 13.6. The lowest BCUT2D eigenvalue weighted by Crippen LogP contribution is -2.56. The molecule has 0 amide bonds. The fourth-order valence-corrected chi connectivity index (χ4v) is 12.2. The summed E-state index contributed by atoms with van der Waals surface area (Å²) in [4.78, 5) is 4.80. The Hall–Kier alpha value is -6.88. The van der Waals surface area contributed by atoms with Crippen molar-refractivity contribution in [3.05, 3.63) is 194 Å². The zero-order chi connectivity index (χ0) is 37.4. The fraction of sp³-hybridized carbons (Fsp3) is 0.0385. The molecule has 0 radical (unpaired) electrons. The van der Waals surface area contributed by atoms with Crippen LogP contribution in [-0.4, -0.2) is 8.07 Å². The van der Waals surface area contributed by atoms with Gasteiger partial charge < -0.3 is 14.2 Å². The molecule has 0 spiro atoms. The Kier molecular flexibility index (Phi) is 7.31. The quantitative estimate of drug-likeness (QED) is 0.159. The zero-order valence-corrected chi connectivity index (χ0v) is 32.3. The van der Waals surface area contributed by atoms with Crippen LogP contribution in [0.15, 0.2) is 199 Å². The fourth-order valence-electron chi connectivity index (χ4n) is 9.13. The number of hydrogen-bond acceptors (Lipinski definition) is 3. The van der Waals surface area contributed by atoms with Crippen molar-refractivity contribution in [1.82, 2.24) is 0 Å². The van der Waals surface area contributed by atoms with Crippen LogP contribution in [0.1, 0.15) is 0 Å². The Morgan fingerprint density at radius 3 is 1.80 bits per heavy atom. The van der Waals surface area contributed by atoms with Crippen molar-refractivity contribution >= 4 is 96.1 Å². The molecule has 0 aliphatic carbocycles. The Bertz CT molecular complexity index is 3130. The second kappa shape index (κ2) is 12.6. The molecule has 2 heterocycles. The van der Waals surface area contributed by atoms with Gasteiger partial charge in [0.2, 0.25) is 0 Å². The molecule has 4 heteroatoms. The third-order valence-electron chi connectivity index (χ3n) is 11.8. The lowest BCUT2D eigenvalue weighted by molar-refractivity contribution is 0.669. The number of para-hydroxylation sites is 4. The maximum Gasteiger partial charge on any atom is 0.159 e. The van der Waals surface area contributed by atoms with Gasteiger partial charge in [-0.3, -0.25) is 0 Å². The molecule has 0 fully saturated rings. The van der Waals surface area contributed by atoms with Gasteiger partial charge in [0, 0.05) is 38.9 Å². The molecule has 0 saturated heterocycles. The molecular formula is C52H38N2OSi. The standard InChI is InChI=1S/C52H38N2OSi/c1-56(2)49-26-14-23-45-46(53(37-17-5-3-6-18-37)39-28-27-35-15-9-10-16-36(35)33-39)32-31-43(51(45)49)42-30-29-40(34-50(42)56)54(38-19-7-4-8-20-38)47-24-13-22-44-41-21-11-12-25-48(41)55-52(44)47/h3-34H,1-2H3. The van der Waals surface area contributed by atoms with Gasteiger partial charge in [-0.25, -0.2) is 0 Å². The van der Waals surface area contributed by atoms with Gasteiger partial charge in [0.15, 0.2) is 5.58 Å². The third-order valence-corrected chi connectivity index (χ3v) is 15.3. The molecule has 1 aliphatic rings. The number of rotatable bonds is 6. The molecule has 0 bridgehead atoms. The van der Waals surface area contributed by atoms with Crippen LogP contribution in [0.3, 0.4) is 0 Å². The van der Waals surface area contributed by atoms with E-state index in [0.717, 1.165) is 50.4 Å². The van der Waals surface area contributed by atoms with Crippen molar-refractivity contribution in [2.45, 2.75) is 13.1 Å². The number of hydrogen-bond donors (Lipinski definition) is 0. The maximum absolute atomic E-state index is 6.62. The average molecular weight is 735 g/mol. The number of fused-ring (bicyclic) bond motifs is 6. The molecule has 0 atom stereocenters. The predicted molar refractivity (Wildman–Crippen MR) is 240 cm³/mol. The molecule has 266 valence electrons. The maximum atomic E-state index is 6.62. The molecule has 1 aromatic heterocycles. The molecule has 9 aromatic carbocycles. The summed E-state index contributed by atoms with van der Waals surface area (Å²) < 4.78 is 6.62. The van der Waals surface area contributed by atoms with Crippen LogP contribution in [0.5, 0.6) is 0 Å². The summed E-state index contributed by atoms with van der Waals surface area (Å²) in [6, 6.07) is 70.6. The monoisotopic (exact) mass is 734 g/mol. The lowest BCUT2D eigenvalue weighted by atomic mass is 9.95. The highest BCUT2D eigenvalue weighted by molar-refractivity contribution is 7.03. The molecular weight excluding hydrogens is 697 g/mol. The van der Waals surface area contributed by atoms with E-state index in [0.29, 0.717) is 0 Å². The van der Waals surface area contributed by atoms with Gasteiger partial charge in [-0.2, -0.15) is 0 Å². The Morgan fingerprint density at radius 1 is 0.393 bits per heavy atom. The van der Waals surface area contributed by atoms with Crippen LogP contribution in [0.25, 0.3) is 54.6 Å². The smallest absolute Gasteiger partial charge is 0.159 e. The zero-order valence-electron chi connectivity index (χ0n) is 31.3. The summed E-state index contributed by atoms with van der Waals surface area (Å²) in [6.07, 6.45) is 0. The number of anilines is 6. The van der Waals surface area contributed by atoms with E-state index in [1.807, 2.05) is 6.07 Å². The van der Waals surface area contributed by atoms with Crippen molar-refractivity contribution < 1.29 is 4.42 Å². The molecule has 0 saturated carbocycles. The summed E-state index contributed by atoms with van der Waals surface area (Å²) in [5.74, 6) is 0. The van der Waals surface area contributed by atoms with Crippen molar-refractivity contribution in [3.8, 4) is 11.1 Å². The van der Waals surface area contributed by atoms with Crippen molar-refractivity contribution in [2.75, 3.05) is 9.80 Å². The summed E-state index contributed by atoms with van der Waals surface area (Å²) in [6.45, 7) is 5.04. The molecule has 10 aromatic rings. The normalized spacial score (nSPS) is 13.0. The van der Waals surface area contributed by atoms with Crippen molar-refractivity contribution in [1.29, 1.82) is 0 Å².